The van der Waals surface area contributed by atoms with Crippen LogP contribution in [0.25, 0.3) is 0 Å². The zero-order valence-corrected chi connectivity index (χ0v) is 16.0. The molecule has 0 spiro atoms. The first-order chi connectivity index (χ1) is 10.6. The van der Waals surface area contributed by atoms with Gasteiger partial charge in [0.2, 0.25) is 5.91 Å². The molecule has 1 aromatic carbocycles. The van der Waals surface area contributed by atoms with Crippen LogP contribution in [0.2, 0.25) is 0 Å². The Morgan fingerprint density at radius 2 is 2.04 bits per heavy atom. The second kappa shape index (κ2) is 8.47. The van der Waals surface area contributed by atoms with Crippen molar-refractivity contribution in [3.05, 3.63) is 33.8 Å². The second-order valence-electron chi connectivity index (χ2n) is 6.32. The number of benzene rings is 1. The number of amides is 1. The van der Waals surface area contributed by atoms with Crippen LogP contribution >= 0.6 is 28.3 Å². The Bertz CT molecular complexity index is 549. The summed E-state index contributed by atoms with van der Waals surface area (Å²) in [5.74, 6) is 0.267. The van der Waals surface area contributed by atoms with Crippen LogP contribution in [0.15, 0.2) is 22.7 Å². The van der Waals surface area contributed by atoms with Crippen molar-refractivity contribution < 1.29 is 4.79 Å². The molecule has 0 radical (unpaired) electrons. The third-order valence-electron chi connectivity index (χ3n) is 4.83. The van der Waals surface area contributed by atoms with Crippen molar-refractivity contribution in [2.75, 3.05) is 39.3 Å². The molecule has 4 nitrogen and oxygen atoms in total. The maximum atomic E-state index is 12.6. The molecule has 1 atom stereocenters. The summed E-state index contributed by atoms with van der Waals surface area (Å²) in [5.41, 5.74) is 2.32. The summed E-state index contributed by atoms with van der Waals surface area (Å²) in [6, 6.07) is 6.71. The van der Waals surface area contributed by atoms with Gasteiger partial charge in [-0.3, -0.25) is 9.69 Å². The predicted molar refractivity (Wildman–Crippen MR) is 99.3 cm³/mol. The fraction of sp³-hybridized carbons (Fsp3) is 0.588. The summed E-state index contributed by atoms with van der Waals surface area (Å²) >= 11 is 3.47. The van der Waals surface area contributed by atoms with E-state index in [2.05, 4.69) is 45.2 Å². The van der Waals surface area contributed by atoms with Crippen LogP contribution < -0.4 is 5.32 Å². The van der Waals surface area contributed by atoms with Crippen molar-refractivity contribution in [1.29, 1.82) is 0 Å². The highest BCUT2D eigenvalue weighted by atomic mass is 79.9. The SMILES string of the molecule is Cc1cc(Br)ccc1CC(=O)N1CCC(N2CCNCC2)C1.Cl. The molecule has 2 aliphatic rings. The summed E-state index contributed by atoms with van der Waals surface area (Å²) in [5, 5.41) is 3.39. The molecule has 0 saturated carbocycles. The molecule has 2 saturated heterocycles. The van der Waals surface area contributed by atoms with E-state index in [1.165, 1.54) is 5.56 Å². The Hall–Kier alpha value is -0.620. The average molecular weight is 403 g/mol. The van der Waals surface area contributed by atoms with Gasteiger partial charge >= 0.3 is 0 Å². The zero-order chi connectivity index (χ0) is 15.5. The highest BCUT2D eigenvalue weighted by molar-refractivity contribution is 9.10. The molecule has 0 aliphatic carbocycles. The van der Waals surface area contributed by atoms with Crippen molar-refractivity contribution in [2.45, 2.75) is 25.8 Å². The highest BCUT2D eigenvalue weighted by Crippen LogP contribution is 2.20. The molecular formula is C17H25BrClN3O. The molecule has 1 aromatic rings. The van der Waals surface area contributed by atoms with Crippen LogP contribution in [0, 0.1) is 6.92 Å². The first-order valence-corrected chi connectivity index (χ1v) is 8.90. The number of carbonyl (C=O) groups is 1. The minimum Gasteiger partial charge on any atom is -0.341 e. The Morgan fingerprint density at radius 3 is 2.74 bits per heavy atom. The van der Waals surface area contributed by atoms with Gasteiger partial charge in [0.15, 0.2) is 0 Å². The van der Waals surface area contributed by atoms with Gasteiger partial charge in [-0.05, 0) is 36.6 Å². The number of aryl methyl sites for hydroxylation is 1. The molecule has 0 aromatic heterocycles. The standard InChI is InChI=1S/C17H24BrN3O.ClH/c1-13-10-15(18)3-2-14(13)11-17(22)21-7-4-16(12-21)20-8-5-19-6-9-20;/h2-3,10,16,19H,4-9,11-12H2,1H3;1H. The van der Waals surface area contributed by atoms with Gasteiger partial charge in [-0.1, -0.05) is 22.0 Å². The van der Waals surface area contributed by atoms with E-state index in [0.717, 1.165) is 55.7 Å². The van der Waals surface area contributed by atoms with E-state index in [-0.39, 0.29) is 18.3 Å². The van der Waals surface area contributed by atoms with Gasteiger partial charge in [0, 0.05) is 49.8 Å². The number of likely N-dealkylation sites (tertiary alicyclic amines) is 1. The van der Waals surface area contributed by atoms with Crippen molar-refractivity contribution in [3.8, 4) is 0 Å². The number of nitrogens with one attached hydrogen (secondary N) is 1. The van der Waals surface area contributed by atoms with Gasteiger partial charge in [0.1, 0.15) is 0 Å². The topological polar surface area (TPSA) is 35.6 Å². The van der Waals surface area contributed by atoms with Crippen molar-refractivity contribution in [1.82, 2.24) is 15.1 Å². The molecule has 128 valence electrons. The zero-order valence-electron chi connectivity index (χ0n) is 13.6. The quantitative estimate of drug-likeness (QED) is 0.842. The van der Waals surface area contributed by atoms with Gasteiger partial charge in [0.25, 0.3) is 0 Å². The van der Waals surface area contributed by atoms with Crippen molar-refractivity contribution >= 4 is 34.2 Å². The smallest absolute Gasteiger partial charge is 0.227 e. The molecule has 2 aliphatic heterocycles. The number of hydrogen-bond donors (Lipinski definition) is 1. The lowest BCUT2D eigenvalue weighted by molar-refractivity contribution is -0.129. The van der Waals surface area contributed by atoms with Crippen LogP contribution in [0.4, 0.5) is 0 Å². The monoisotopic (exact) mass is 401 g/mol. The maximum Gasteiger partial charge on any atom is 0.227 e. The molecule has 2 heterocycles. The van der Waals surface area contributed by atoms with E-state index in [1.807, 2.05) is 11.0 Å². The largest absolute Gasteiger partial charge is 0.341 e. The fourth-order valence-electron chi connectivity index (χ4n) is 3.45. The maximum absolute atomic E-state index is 12.6. The Balaban J connectivity index is 0.00000192. The lowest BCUT2D eigenvalue weighted by Crippen LogP contribution is -2.49. The number of rotatable bonds is 3. The normalized spacial score (nSPS) is 22.0. The number of carbonyl (C=O) groups excluding carboxylic acids is 1. The van der Waals surface area contributed by atoms with Crippen LogP contribution in [0.1, 0.15) is 17.5 Å². The number of nitrogens with zero attached hydrogens (tertiary/aromatic N) is 2. The summed E-state index contributed by atoms with van der Waals surface area (Å²) in [6.07, 6.45) is 1.64. The number of piperazine rings is 1. The van der Waals surface area contributed by atoms with Gasteiger partial charge in [-0.25, -0.2) is 0 Å². The minimum absolute atomic E-state index is 0. The summed E-state index contributed by atoms with van der Waals surface area (Å²) in [7, 11) is 0. The van der Waals surface area contributed by atoms with E-state index in [4.69, 9.17) is 0 Å². The van der Waals surface area contributed by atoms with E-state index in [0.29, 0.717) is 12.5 Å². The van der Waals surface area contributed by atoms with E-state index >= 15 is 0 Å². The van der Waals surface area contributed by atoms with Gasteiger partial charge in [0.05, 0.1) is 6.42 Å². The third-order valence-corrected chi connectivity index (χ3v) is 5.32. The Kier molecular flexibility index (Phi) is 6.89. The first kappa shape index (κ1) is 18.7. The summed E-state index contributed by atoms with van der Waals surface area (Å²) in [6.45, 7) is 8.24. The van der Waals surface area contributed by atoms with E-state index in [9.17, 15) is 4.79 Å². The van der Waals surface area contributed by atoms with E-state index in [1.54, 1.807) is 0 Å². The Labute approximate surface area is 153 Å². The molecule has 6 heteroatoms. The summed E-state index contributed by atoms with van der Waals surface area (Å²) < 4.78 is 1.07. The number of hydrogen-bond acceptors (Lipinski definition) is 3. The van der Waals surface area contributed by atoms with Crippen molar-refractivity contribution in [2.24, 2.45) is 0 Å². The molecular weight excluding hydrogens is 378 g/mol. The highest BCUT2D eigenvalue weighted by Gasteiger charge is 2.30. The van der Waals surface area contributed by atoms with Crippen LogP contribution in [0.5, 0.6) is 0 Å². The van der Waals surface area contributed by atoms with Gasteiger partial charge in [-0.2, -0.15) is 0 Å². The van der Waals surface area contributed by atoms with E-state index < -0.39 is 0 Å². The van der Waals surface area contributed by atoms with Crippen LogP contribution in [-0.4, -0.2) is 61.0 Å². The first-order valence-electron chi connectivity index (χ1n) is 8.11. The second-order valence-corrected chi connectivity index (χ2v) is 7.23. The average Bonchev–Trinajstić information content (AvgIpc) is 3.01. The Morgan fingerprint density at radius 1 is 1.30 bits per heavy atom. The molecule has 23 heavy (non-hydrogen) atoms. The molecule has 0 bridgehead atoms. The lowest BCUT2D eigenvalue weighted by Gasteiger charge is -2.32. The van der Waals surface area contributed by atoms with Crippen LogP contribution in [0.3, 0.4) is 0 Å². The third kappa shape index (κ3) is 4.69. The molecule has 3 rings (SSSR count). The lowest BCUT2D eigenvalue weighted by atomic mass is 10.1. The molecule has 2 fully saturated rings. The van der Waals surface area contributed by atoms with Crippen molar-refractivity contribution in [3.63, 3.8) is 0 Å². The minimum atomic E-state index is 0. The molecule has 1 N–H and O–H groups in total. The predicted octanol–water partition coefficient (Wildman–Crippen LogP) is 2.23. The molecule has 1 unspecified atom stereocenters. The van der Waals surface area contributed by atoms with Gasteiger partial charge in [-0.15, -0.1) is 12.4 Å². The molecule has 1 amide bonds. The number of halogens is 2. The fourth-order valence-corrected chi connectivity index (χ4v) is 3.92. The summed E-state index contributed by atoms with van der Waals surface area (Å²) in [4.78, 5) is 17.1. The van der Waals surface area contributed by atoms with Crippen LogP contribution in [-0.2, 0) is 11.2 Å². The van der Waals surface area contributed by atoms with Gasteiger partial charge < -0.3 is 10.2 Å².